The van der Waals surface area contributed by atoms with E-state index >= 15 is 0 Å². The minimum absolute atomic E-state index is 0.00875. The minimum atomic E-state index is -1.78. The molecule has 0 aliphatic carbocycles. The van der Waals surface area contributed by atoms with Crippen LogP contribution in [0.25, 0.3) is 0 Å². The zero-order chi connectivity index (χ0) is 18.2. The first-order valence-electron chi connectivity index (χ1n) is 8.70. The van der Waals surface area contributed by atoms with Crippen LogP contribution in [0.4, 0.5) is 5.69 Å². The van der Waals surface area contributed by atoms with Gasteiger partial charge in [0, 0.05) is 29.9 Å². The highest BCUT2D eigenvalue weighted by Gasteiger charge is 2.28. The zero-order valence-electron chi connectivity index (χ0n) is 14.6. The number of aliphatic hydroxyl groups excluding tert-OH is 1. The molecule has 0 spiro atoms. The lowest BCUT2D eigenvalue weighted by atomic mass is 10.0. The molecule has 136 valence electrons. The zero-order valence-corrected chi connectivity index (χ0v) is 14.6. The Balaban J connectivity index is 1.83. The quantitative estimate of drug-likeness (QED) is 0.633. The van der Waals surface area contributed by atoms with Crippen LogP contribution >= 0.6 is 0 Å². The fraction of sp³-hybridized carbons (Fsp3) is 0.333. The summed E-state index contributed by atoms with van der Waals surface area (Å²) < 4.78 is 10.8. The Morgan fingerprint density at radius 3 is 2.38 bits per heavy atom. The smallest absolute Gasteiger partial charge is 0.259 e. The molecule has 1 atom stereocenters. The number of hydrogen-bond acceptors (Lipinski definition) is 5. The number of aliphatic hydroxyl groups is 2. The van der Waals surface area contributed by atoms with Crippen molar-refractivity contribution in [3.8, 4) is 11.8 Å². The van der Waals surface area contributed by atoms with E-state index in [4.69, 9.17) is 14.6 Å². The molecule has 0 saturated carbocycles. The van der Waals surface area contributed by atoms with Gasteiger partial charge in [-0.15, -0.1) is 0 Å². The summed E-state index contributed by atoms with van der Waals surface area (Å²) in [6, 6.07) is 16.9. The maximum Gasteiger partial charge on any atom is 0.259 e. The standard InChI is InChI=1S/C21H23NO4/c23-14-17-26-21(24,11-10-18-4-2-1-3-5-18)19-6-8-20(9-7-19)22-12-15-25-16-13-22/h1-9,23-24H,12-17H2. The number of hydrogen-bond donors (Lipinski definition) is 2. The fourth-order valence-corrected chi connectivity index (χ4v) is 2.78. The van der Waals surface area contributed by atoms with Crippen LogP contribution in [0.1, 0.15) is 11.1 Å². The number of anilines is 1. The van der Waals surface area contributed by atoms with E-state index in [0.717, 1.165) is 24.3 Å². The second kappa shape index (κ2) is 8.84. The monoisotopic (exact) mass is 353 g/mol. The van der Waals surface area contributed by atoms with E-state index in [1.54, 1.807) is 0 Å². The van der Waals surface area contributed by atoms with Crippen molar-refractivity contribution in [1.29, 1.82) is 0 Å². The summed E-state index contributed by atoms with van der Waals surface area (Å²) in [6.45, 7) is 2.92. The largest absolute Gasteiger partial charge is 0.394 e. The molecule has 1 aliphatic rings. The number of nitrogens with zero attached hydrogens (tertiary/aromatic N) is 1. The molecule has 0 aromatic heterocycles. The van der Waals surface area contributed by atoms with Gasteiger partial charge in [-0.25, -0.2) is 0 Å². The average Bonchev–Trinajstić information content (AvgIpc) is 2.72. The third-order valence-electron chi connectivity index (χ3n) is 4.19. The van der Waals surface area contributed by atoms with Crippen molar-refractivity contribution in [1.82, 2.24) is 0 Å². The molecule has 5 nitrogen and oxygen atoms in total. The molecular formula is C21H23NO4. The Morgan fingerprint density at radius 2 is 1.73 bits per heavy atom. The Kier molecular flexibility index (Phi) is 6.26. The third kappa shape index (κ3) is 4.63. The third-order valence-corrected chi connectivity index (χ3v) is 4.19. The molecule has 1 heterocycles. The van der Waals surface area contributed by atoms with Gasteiger partial charge in [0.2, 0.25) is 0 Å². The summed E-state index contributed by atoms with van der Waals surface area (Å²) in [5, 5.41) is 20.0. The molecule has 1 aliphatic heterocycles. The molecule has 0 radical (unpaired) electrons. The molecule has 2 aromatic rings. The first-order chi connectivity index (χ1) is 12.7. The lowest BCUT2D eigenvalue weighted by Crippen LogP contribution is -2.36. The normalized spacial score (nSPS) is 16.5. The summed E-state index contributed by atoms with van der Waals surface area (Å²) in [6.07, 6.45) is 0. The molecule has 1 unspecified atom stereocenters. The van der Waals surface area contributed by atoms with Crippen LogP contribution in [0, 0.1) is 11.8 Å². The first-order valence-corrected chi connectivity index (χ1v) is 8.70. The topological polar surface area (TPSA) is 62.2 Å². The average molecular weight is 353 g/mol. The van der Waals surface area contributed by atoms with Crippen molar-refractivity contribution >= 4 is 5.69 Å². The van der Waals surface area contributed by atoms with Crippen molar-refractivity contribution in [2.45, 2.75) is 5.79 Å². The predicted octanol–water partition coefficient (Wildman–Crippen LogP) is 1.73. The van der Waals surface area contributed by atoms with Crippen molar-refractivity contribution in [2.24, 2.45) is 0 Å². The van der Waals surface area contributed by atoms with E-state index in [2.05, 4.69) is 16.7 Å². The number of rotatable bonds is 5. The van der Waals surface area contributed by atoms with Gasteiger partial charge in [0.1, 0.15) is 0 Å². The lowest BCUT2D eigenvalue weighted by Gasteiger charge is -2.29. The maximum absolute atomic E-state index is 10.9. The lowest BCUT2D eigenvalue weighted by molar-refractivity contribution is -0.171. The second-order valence-electron chi connectivity index (χ2n) is 5.98. The van der Waals surface area contributed by atoms with Crippen molar-refractivity contribution < 1.29 is 19.7 Å². The Labute approximate surface area is 153 Å². The molecule has 0 bridgehead atoms. The van der Waals surface area contributed by atoms with Crippen LogP contribution in [0.3, 0.4) is 0 Å². The van der Waals surface area contributed by atoms with Crippen LogP contribution in [0.15, 0.2) is 54.6 Å². The summed E-state index contributed by atoms with van der Waals surface area (Å²) >= 11 is 0. The Hall–Kier alpha value is -2.36. The van der Waals surface area contributed by atoms with E-state index in [1.807, 2.05) is 54.6 Å². The van der Waals surface area contributed by atoms with Crippen LogP contribution in [-0.4, -0.2) is 49.7 Å². The molecule has 2 aromatic carbocycles. The van der Waals surface area contributed by atoms with Gasteiger partial charge in [0.25, 0.3) is 5.79 Å². The Morgan fingerprint density at radius 1 is 1.04 bits per heavy atom. The SMILES string of the molecule is OCCOC(O)(C#Cc1ccccc1)c1ccc(N2CCOCC2)cc1. The van der Waals surface area contributed by atoms with E-state index < -0.39 is 5.79 Å². The van der Waals surface area contributed by atoms with Gasteiger partial charge in [0.15, 0.2) is 0 Å². The van der Waals surface area contributed by atoms with Gasteiger partial charge in [-0.2, -0.15) is 0 Å². The predicted molar refractivity (Wildman–Crippen MR) is 99.7 cm³/mol. The van der Waals surface area contributed by atoms with Gasteiger partial charge in [-0.05, 0) is 30.2 Å². The van der Waals surface area contributed by atoms with Gasteiger partial charge in [-0.1, -0.05) is 36.3 Å². The number of ether oxygens (including phenoxy) is 2. The van der Waals surface area contributed by atoms with Crippen LogP contribution in [0.5, 0.6) is 0 Å². The van der Waals surface area contributed by atoms with Crippen molar-refractivity contribution in [3.63, 3.8) is 0 Å². The summed E-state index contributed by atoms with van der Waals surface area (Å²) in [7, 11) is 0. The van der Waals surface area contributed by atoms with Gasteiger partial charge < -0.3 is 24.6 Å². The summed E-state index contributed by atoms with van der Waals surface area (Å²) in [5.41, 5.74) is 2.38. The van der Waals surface area contributed by atoms with Crippen LogP contribution in [-0.2, 0) is 15.3 Å². The Bertz CT molecular complexity index is 745. The van der Waals surface area contributed by atoms with Gasteiger partial charge in [-0.3, -0.25) is 0 Å². The highest BCUT2D eigenvalue weighted by Crippen LogP contribution is 2.25. The molecule has 2 N–H and O–H groups in total. The molecule has 0 amide bonds. The molecule has 5 heteroatoms. The molecule has 1 fully saturated rings. The molecular weight excluding hydrogens is 330 g/mol. The molecule has 1 saturated heterocycles. The fourth-order valence-electron chi connectivity index (χ4n) is 2.78. The molecule has 3 rings (SSSR count). The number of morpholine rings is 1. The van der Waals surface area contributed by atoms with E-state index in [9.17, 15) is 5.11 Å². The van der Waals surface area contributed by atoms with E-state index in [0.29, 0.717) is 18.8 Å². The number of benzene rings is 2. The van der Waals surface area contributed by atoms with Crippen LogP contribution in [0.2, 0.25) is 0 Å². The van der Waals surface area contributed by atoms with E-state index in [-0.39, 0.29) is 13.2 Å². The highest BCUT2D eigenvalue weighted by molar-refractivity contribution is 5.49. The van der Waals surface area contributed by atoms with Gasteiger partial charge >= 0.3 is 0 Å². The molecule has 26 heavy (non-hydrogen) atoms. The van der Waals surface area contributed by atoms with E-state index in [1.165, 1.54) is 0 Å². The maximum atomic E-state index is 10.9. The van der Waals surface area contributed by atoms with Crippen LogP contribution < -0.4 is 4.90 Å². The van der Waals surface area contributed by atoms with Crippen molar-refractivity contribution in [2.75, 3.05) is 44.4 Å². The summed E-state index contributed by atoms with van der Waals surface area (Å²) in [4.78, 5) is 2.23. The highest BCUT2D eigenvalue weighted by atomic mass is 16.6. The van der Waals surface area contributed by atoms with Gasteiger partial charge in [0.05, 0.1) is 26.4 Å². The second-order valence-corrected chi connectivity index (χ2v) is 5.98. The first kappa shape index (κ1) is 18.4. The van der Waals surface area contributed by atoms with Crippen molar-refractivity contribution in [3.05, 3.63) is 65.7 Å². The summed E-state index contributed by atoms with van der Waals surface area (Å²) in [5.74, 6) is 3.96. The minimum Gasteiger partial charge on any atom is -0.394 e.